The molecule has 0 spiro atoms. The lowest BCUT2D eigenvalue weighted by Gasteiger charge is -2.40. The van der Waals surface area contributed by atoms with Crippen LogP contribution >= 0.6 is 0 Å². The molecule has 35 heavy (non-hydrogen) atoms. The number of hydrogen-bond donors (Lipinski definition) is 0. The summed E-state index contributed by atoms with van der Waals surface area (Å²) >= 11 is 0. The summed E-state index contributed by atoms with van der Waals surface area (Å²) < 4.78 is 272. The second-order valence-electron chi connectivity index (χ2n) is 5.80. The van der Waals surface area contributed by atoms with Crippen molar-refractivity contribution in [2.75, 3.05) is 0 Å². The molecule has 0 atom stereocenters. The van der Waals surface area contributed by atoms with Crippen LogP contribution in [0.15, 0.2) is 0 Å². The van der Waals surface area contributed by atoms with Crippen molar-refractivity contribution >= 4 is 8.80 Å². The Bertz CT molecular complexity index is 564. The lowest BCUT2D eigenvalue weighted by molar-refractivity contribution is -0.353. The lowest BCUT2D eigenvalue weighted by atomic mass is 10.3. The molecule has 0 aromatic carbocycles. The van der Waals surface area contributed by atoms with Crippen LogP contribution in [0, 0.1) is 0 Å². The monoisotopic (exact) mass is 598 g/mol. The highest BCUT2D eigenvalue weighted by molar-refractivity contribution is 6.63. The van der Waals surface area contributed by atoms with Gasteiger partial charge in [0.2, 0.25) is 18.3 Å². The van der Waals surface area contributed by atoms with Gasteiger partial charge in [0.05, 0.1) is 0 Å². The molecule has 3 nitrogen and oxygen atoms in total. The minimum atomic E-state index is -9.67. The normalized spacial score (nSPS) is 16.1. The first-order valence-corrected chi connectivity index (χ1v) is 8.99. The first-order valence-electron chi connectivity index (χ1n) is 7.27. The van der Waals surface area contributed by atoms with Crippen LogP contribution in [0.4, 0.5) is 92.2 Å². The van der Waals surface area contributed by atoms with Gasteiger partial charge >= 0.3 is 51.7 Å². The van der Waals surface area contributed by atoms with Gasteiger partial charge in [0, 0.05) is 0 Å². The van der Waals surface area contributed by atoms with Crippen LogP contribution in [0.1, 0.15) is 0 Å². The number of rotatable bonds is 6. The van der Waals surface area contributed by atoms with Gasteiger partial charge in [0.1, 0.15) is 0 Å². The summed E-state index contributed by atoms with van der Waals surface area (Å²) in [6.07, 6.45) is -62.6. The standard InChI is InChI=1S/C10H3F21O3Si/c11-4(12,13)1(5(14,15)16)32-35(10(29,30)31,33-2(6(17,18)19)7(20,21)22)34-3(8(23,24)25)9(26,27)28/h1-3H. The molecule has 0 amide bonds. The van der Waals surface area contributed by atoms with Crippen molar-refractivity contribution in [3.05, 3.63) is 0 Å². The Hall–Kier alpha value is -1.37. The molecule has 0 aliphatic heterocycles. The zero-order valence-corrected chi connectivity index (χ0v) is 15.9. The molecule has 0 aromatic heterocycles. The quantitative estimate of drug-likeness (QED) is 0.257. The third-order valence-corrected chi connectivity index (χ3v) is 5.28. The maximum atomic E-state index is 13.3. The van der Waals surface area contributed by atoms with E-state index in [4.69, 9.17) is 0 Å². The zero-order valence-electron chi connectivity index (χ0n) is 14.9. The van der Waals surface area contributed by atoms with Crippen molar-refractivity contribution in [3.8, 4) is 0 Å². The van der Waals surface area contributed by atoms with Crippen LogP contribution in [0.3, 0.4) is 0 Å². The van der Waals surface area contributed by atoms with E-state index >= 15 is 0 Å². The van der Waals surface area contributed by atoms with Crippen LogP contribution in [0.5, 0.6) is 0 Å². The molecular formula is C10H3F21O3Si. The molecule has 0 fully saturated rings. The van der Waals surface area contributed by atoms with Crippen LogP contribution in [0.25, 0.3) is 0 Å². The van der Waals surface area contributed by atoms with E-state index in [1.807, 2.05) is 0 Å². The topological polar surface area (TPSA) is 27.7 Å². The average Bonchev–Trinajstić information content (AvgIpc) is 2.45. The van der Waals surface area contributed by atoms with Crippen LogP contribution in [-0.4, -0.2) is 70.0 Å². The van der Waals surface area contributed by atoms with E-state index in [1.54, 1.807) is 0 Å². The first-order chi connectivity index (χ1) is 14.8. The van der Waals surface area contributed by atoms with Crippen molar-refractivity contribution < 1.29 is 105 Å². The second-order valence-corrected chi connectivity index (χ2v) is 8.18. The summed E-state index contributed by atoms with van der Waals surface area (Å²) in [7, 11) is -9.67. The van der Waals surface area contributed by atoms with Crippen molar-refractivity contribution in [1.29, 1.82) is 0 Å². The maximum Gasteiger partial charge on any atom is 0.618 e. The Labute approximate surface area is 177 Å². The van der Waals surface area contributed by atoms with Crippen LogP contribution in [-0.2, 0) is 13.3 Å². The van der Waals surface area contributed by atoms with E-state index in [9.17, 15) is 92.2 Å². The Morgan fingerprint density at radius 3 is 0.543 bits per heavy atom. The molecule has 0 aromatic rings. The highest BCUT2D eigenvalue weighted by Gasteiger charge is 2.79. The smallest absolute Gasteiger partial charge is 0.347 e. The highest BCUT2D eigenvalue weighted by atomic mass is 28.4. The van der Waals surface area contributed by atoms with E-state index in [1.165, 1.54) is 0 Å². The summed E-state index contributed by atoms with van der Waals surface area (Å²) in [5.74, 6) is -7.81. The van der Waals surface area contributed by atoms with Gasteiger partial charge in [0.15, 0.2) is 0 Å². The van der Waals surface area contributed by atoms with Crippen molar-refractivity contribution in [2.45, 2.75) is 61.2 Å². The number of hydrogen-bond acceptors (Lipinski definition) is 3. The fourth-order valence-electron chi connectivity index (χ4n) is 1.71. The fourth-order valence-corrected chi connectivity index (χ4v) is 4.01. The summed E-state index contributed by atoms with van der Waals surface area (Å²) in [4.78, 5) is 0. The minimum Gasteiger partial charge on any atom is -0.347 e. The van der Waals surface area contributed by atoms with Gasteiger partial charge in [-0.15, -0.1) is 0 Å². The van der Waals surface area contributed by atoms with Crippen molar-refractivity contribution in [1.82, 2.24) is 0 Å². The average molecular weight is 598 g/mol. The Balaban J connectivity index is 7.40. The Kier molecular flexibility index (Phi) is 9.12. The molecule has 0 saturated carbocycles. The lowest BCUT2D eigenvalue weighted by Crippen LogP contribution is -2.70. The Morgan fingerprint density at radius 2 is 0.457 bits per heavy atom. The van der Waals surface area contributed by atoms with E-state index in [0.717, 1.165) is 0 Å². The summed E-state index contributed by atoms with van der Waals surface area (Å²) in [5, 5.41) is 0. The third-order valence-electron chi connectivity index (χ3n) is 2.95. The van der Waals surface area contributed by atoms with Gasteiger partial charge in [0.25, 0.3) is 0 Å². The van der Waals surface area contributed by atoms with E-state index in [0.29, 0.717) is 0 Å². The van der Waals surface area contributed by atoms with Gasteiger partial charge in [-0.25, -0.2) is 0 Å². The predicted octanol–water partition coefficient (Wildman–Crippen LogP) is 6.56. The highest BCUT2D eigenvalue weighted by Crippen LogP contribution is 2.48. The summed E-state index contributed by atoms with van der Waals surface area (Å²) in [6.45, 7) is 0. The van der Waals surface area contributed by atoms with Crippen molar-refractivity contribution in [3.63, 3.8) is 0 Å². The molecule has 0 saturated heterocycles. The molecule has 0 rings (SSSR count). The third kappa shape index (κ3) is 8.90. The number of alkyl halides is 21. The molecular weight excluding hydrogens is 595 g/mol. The predicted molar refractivity (Wildman–Crippen MR) is 62.8 cm³/mol. The minimum absolute atomic E-state index is 2.09. The Morgan fingerprint density at radius 1 is 0.314 bits per heavy atom. The largest absolute Gasteiger partial charge is 0.618 e. The van der Waals surface area contributed by atoms with Gasteiger partial charge < -0.3 is 13.3 Å². The molecule has 0 N–H and O–H groups in total. The number of halogens is 21. The SMILES string of the molecule is FC(F)(F)C(O[Si](OC(C(F)(F)F)C(F)(F)F)(OC(C(F)(F)F)C(F)(F)F)C(F)(F)F)C(F)(F)F. The molecule has 0 bridgehead atoms. The molecule has 0 heterocycles. The molecule has 25 heteroatoms. The zero-order chi connectivity index (χ0) is 28.9. The molecule has 0 aliphatic rings. The molecule has 212 valence electrons. The molecule has 0 radical (unpaired) electrons. The van der Waals surface area contributed by atoms with Crippen LogP contribution in [0.2, 0.25) is 0 Å². The molecule has 0 aliphatic carbocycles. The van der Waals surface area contributed by atoms with E-state index in [2.05, 4.69) is 13.3 Å². The summed E-state index contributed by atoms with van der Waals surface area (Å²) in [6, 6.07) is 0. The molecule has 0 unspecified atom stereocenters. The fraction of sp³-hybridized carbons (Fsp3) is 1.00. The van der Waals surface area contributed by atoms with Gasteiger partial charge in [-0.05, 0) is 0 Å². The first kappa shape index (κ1) is 33.6. The second kappa shape index (κ2) is 9.49. The van der Waals surface area contributed by atoms with E-state index < -0.39 is 70.0 Å². The van der Waals surface area contributed by atoms with E-state index in [-0.39, 0.29) is 0 Å². The van der Waals surface area contributed by atoms with Gasteiger partial charge in [-0.1, -0.05) is 0 Å². The summed E-state index contributed by atoms with van der Waals surface area (Å²) in [5.41, 5.74) is 0. The van der Waals surface area contributed by atoms with Crippen LogP contribution < -0.4 is 0 Å². The van der Waals surface area contributed by atoms with Crippen molar-refractivity contribution in [2.24, 2.45) is 0 Å². The van der Waals surface area contributed by atoms with Gasteiger partial charge in [-0.2, -0.15) is 92.2 Å². The maximum absolute atomic E-state index is 13.3. The van der Waals surface area contributed by atoms with Gasteiger partial charge in [-0.3, -0.25) is 0 Å².